The highest BCUT2D eigenvalue weighted by atomic mass is 31.1. The van der Waals surface area contributed by atoms with Crippen molar-refractivity contribution in [2.75, 3.05) is 6.54 Å². The predicted molar refractivity (Wildman–Crippen MR) is 144 cm³/mol. The van der Waals surface area contributed by atoms with E-state index in [0.717, 1.165) is 19.3 Å². The van der Waals surface area contributed by atoms with Crippen molar-refractivity contribution in [3.63, 3.8) is 0 Å². The smallest absolute Gasteiger partial charge is 0.322 e. The van der Waals surface area contributed by atoms with Crippen LogP contribution in [0.5, 0.6) is 0 Å². The van der Waals surface area contributed by atoms with Gasteiger partial charge >= 0.3 is 6.03 Å². The molecule has 36 heavy (non-hydrogen) atoms. The van der Waals surface area contributed by atoms with Gasteiger partial charge in [-0.2, -0.15) is 0 Å². The minimum atomic E-state index is -0.952. The maximum Gasteiger partial charge on any atom is 0.322 e. The number of hydrogen-bond donors (Lipinski definition) is 4. The third-order valence-electron chi connectivity index (χ3n) is 7.20. The molecule has 0 spiro atoms. The molecule has 2 unspecified atom stereocenters. The molecule has 2 aliphatic rings. The lowest BCUT2D eigenvalue weighted by molar-refractivity contribution is -0.144. The first-order valence-corrected chi connectivity index (χ1v) is 14.1. The van der Waals surface area contributed by atoms with Crippen LogP contribution in [0.2, 0.25) is 0 Å². The minimum Gasteiger partial charge on any atom is -0.344 e. The summed E-state index contributed by atoms with van der Waals surface area (Å²) < 4.78 is 0. The number of amides is 5. The second kappa shape index (κ2) is 13.0. The number of carbonyl (C=O) groups excluding carboxylic acids is 5. The van der Waals surface area contributed by atoms with E-state index in [2.05, 4.69) is 27.1 Å². The molecule has 4 N–H and O–H groups in total. The van der Waals surface area contributed by atoms with Crippen molar-refractivity contribution >= 4 is 53.6 Å². The van der Waals surface area contributed by atoms with Gasteiger partial charge in [-0.25, -0.2) is 4.79 Å². The number of rotatable bonds is 10. The van der Waals surface area contributed by atoms with Crippen molar-refractivity contribution < 1.29 is 24.0 Å². The third kappa shape index (κ3) is 7.48. The molecule has 1 saturated heterocycles. The van der Waals surface area contributed by atoms with Crippen molar-refractivity contribution in [3.8, 4) is 0 Å². The van der Waals surface area contributed by atoms with Crippen LogP contribution in [0.4, 0.5) is 4.79 Å². The van der Waals surface area contributed by atoms with Gasteiger partial charge in [-0.15, -0.1) is 0 Å². The predicted octanol–water partition coefficient (Wildman–Crippen LogP) is 2.02. The first kappa shape index (κ1) is 30.2. The number of hydrogen-bond acceptors (Lipinski definition) is 5. The van der Waals surface area contributed by atoms with Gasteiger partial charge in [-0.05, 0) is 45.4 Å². The maximum absolute atomic E-state index is 13.8. The van der Waals surface area contributed by atoms with E-state index in [9.17, 15) is 24.0 Å². The van der Waals surface area contributed by atoms with E-state index in [4.69, 9.17) is 0 Å². The Morgan fingerprint density at radius 1 is 1.08 bits per heavy atom. The highest BCUT2D eigenvalue weighted by Gasteiger charge is 2.47. The van der Waals surface area contributed by atoms with Gasteiger partial charge in [0.15, 0.2) is 0 Å². The third-order valence-corrected chi connectivity index (χ3v) is 7.83. The number of nitrogens with one attached hydrogen (secondary N) is 4. The normalized spacial score (nSPS) is 21.9. The first-order chi connectivity index (χ1) is 16.8. The molecule has 0 aromatic carbocycles. The lowest BCUT2D eigenvalue weighted by Crippen LogP contribution is -2.60. The van der Waals surface area contributed by atoms with E-state index in [1.165, 1.54) is 4.90 Å². The summed E-state index contributed by atoms with van der Waals surface area (Å²) >= 11 is 0. The first-order valence-electron chi connectivity index (χ1n) is 12.5. The second-order valence-corrected chi connectivity index (χ2v) is 12.0. The zero-order valence-corrected chi connectivity index (χ0v) is 24.0. The summed E-state index contributed by atoms with van der Waals surface area (Å²) in [5.74, 6) is -2.02. The molecule has 2 fully saturated rings. The molecule has 10 nitrogen and oxygen atoms in total. The molecule has 1 heterocycles. The Balaban J connectivity index is 2.32. The zero-order valence-electron chi connectivity index (χ0n) is 21.9. The van der Waals surface area contributed by atoms with Crippen LogP contribution >= 0.6 is 17.7 Å². The summed E-state index contributed by atoms with van der Waals surface area (Å²) in [6.07, 6.45) is 7.56. The average Bonchev–Trinajstić information content (AvgIpc) is 3.22. The van der Waals surface area contributed by atoms with Crippen molar-refractivity contribution in [3.05, 3.63) is 0 Å². The number of ketones is 1. The Bertz CT molecular complexity index is 871. The van der Waals surface area contributed by atoms with Crippen molar-refractivity contribution in [2.24, 2.45) is 23.2 Å². The van der Waals surface area contributed by atoms with Gasteiger partial charge < -0.3 is 20.6 Å². The van der Waals surface area contributed by atoms with Gasteiger partial charge in [0.05, 0.1) is 6.04 Å². The van der Waals surface area contributed by atoms with Gasteiger partial charge in [0.2, 0.25) is 17.6 Å². The van der Waals surface area contributed by atoms with Crippen LogP contribution in [0.25, 0.3) is 0 Å². The Labute approximate surface area is 218 Å². The Morgan fingerprint density at radius 2 is 1.72 bits per heavy atom. The average molecular weight is 542 g/mol. The summed E-state index contributed by atoms with van der Waals surface area (Å²) in [7, 11) is 2.42. The lowest BCUT2D eigenvalue weighted by Gasteiger charge is -2.37. The molecule has 0 radical (unpaired) electrons. The Hall–Kier alpha value is -2.05. The highest BCUT2D eigenvalue weighted by molar-refractivity contribution is 7.35. The second-order valence-electron chi connectivity index (χ2n) is 11.1. The monoisotopic (exact) mass is 541 g/mol. The molecule has 0 bridgehead atoms. The SMILES string of the molecule is C=PNC(=O)N[C@H](C(=O)N1CC[C@H](C(C)C)[C@H]1C(=O)NC(CC1CCC1)C(=O)C(=O)NP)C(C)(C)C. The van der Waals surface area contributed by atoms with Crippen LogP contribution in [-0.2, 0) is 19.2 Å². The fourth-order valence-corrected chi connectivity index (χ4v) is 5.28. The van der Waals surface area contributed by atoms with Crippen molar-refractivity contribution in [1.29, 1.82) is 0 Å². The van der Waals surface area contributed by atoms with Gasteiger partial charge in [0.25, 0.3) is 5.91 Å². The van der Waals surface area contributed by atoms with Crippen LogP contribution in [0, 0.1) is 23.2 Å². The van der Waals surface area contributed by atoms with E-state index >= 15 is 0 Å². The number of carbonyl (C=O) groups is 5. The molecule has 12 heteroatoms. The van der Waals surface area contributed by atoms with Crippen LogP contribution in [-0.4, -0.2) is 65.4 Å². The molecule has 1 aliphatic carbocycles. The lowest BCUT2D eigenvalue weighted by atomic mass is 9.80. The van der Waals surface area contributed by atoms with Crippen LogP contribution < -0.4 is 20.8 Å². The van der Waals surface area contributed by atoms with E-state index in [0.29, 0.717) is 27.7 Å². The van der Waals surface area contributed by atoms with Crippen molar-refractivity contribution in [1.82, 2.24) is 25.7 Å². The number of nitrogens with zero attached hydrogens (tertiary/aromatic N) is 1. The molecule has 2 rings (SSSR count). The molecule has 5 atom stereocenters. The Morgan fingerprint density at radius 3 is 2.19 bits per heavy atom. The van der Waals surface area contributed by atoms with E-state index in [1.54, 1.807) is 0 Å². The molecule has 0 aromatic heterocycles. The fraction of sp³-hybridized carbons (Fsp3) is 0.750. The molecule has 1 aliphatic heterocycles. The number of Topliss-reactive ketones (excluding diaryl/α,β-unsaturated/α-hetero) is 1. The summed E-state index contributed by atoms with van der Waals surface area (Å²) in [5, 5.41) is 10.3. The molecule has 1 saturated carbocycles. The Kier molecular flexibility index (Phi) is 10.9. The van der Waals surface area contributed by atoms with Gasteiger partial charge in [0.1, 0.15) is 12.1 Å². The fourth-order valence-electron chi connectivity index (χ4n) is 4.93. The molecular weight excluding hydrogens is 500 g/mol. The number of likely N-dealkylation sites (tertiary alicyclic amines) is 1. The van der Waals surface area contributed by atoms with Crippen LogP contribution in [0.1, 0.15) is 66.7 Å². The van der Waals surface area contributed by atoms with Crippen molar-refractivity contribution in [2.45, 2.75) is 84.8 Å². The minimum absolute atomic E-state index is 0.101. The molecule has 202 valence electrons. The van der Waals surface area contributed by atoms with Gasteiger partial charge in [-0.1, -0.05) is 60.2 Å². The van der Waals surface area contributed by atoms with Crippen LogP contribution in [0.3, 0.4) is 0 Å². The zero-order chi connectivity index (χ0) is 27.2. The standard InChI is InChI=1S/C24H41N5O5P2/c1-13(2)15-10-11-29(22(33)19(24(3,4)5)26-23(34)28-36-6)17(15)20(31)25-16(12-14-8-7-9-14)18(30)21(32)27-35/h13-17,19H,6-12,35H2,1-5H3,(H,25,31)(H,27,32)(H2,26,28,34)/t15-,16?,17+,19-/m1/s1. The van der Waals surface area contributed by atoms with E-state index < -0.39 is 47.2 Å². The molecule has 0 aromatic rings. The largest absolute Gasteiger partial charge is 0.344 e. The van der Waals surface area contributed by atoms with Gasteiger partial charge in [0, 0.05) is 14.9 Å². The summed E-state index contributed by atoms with van der Waals surface area (Å²) in [5.41, 5.74) is -0.622. The summed E-state index contributed by atoms with van der Waals surface area (Å²) in [6, 6.07) is -3.16. The molecule has 5 amide bonds. The van der Waals surface area contributed by atoms with E-state index in [1.807, 2.05) is 44.0 Å². The topological polar surface area (TPSA) is 137 Å². The highest BCUT2D eigenvalue weighted by Crippen LogP contribution is 2.34. The van der Waals surface area contributed by atoms with Gasteiger partial charge in [-0.3, -0.25) is 24.3 Å². The maximum atomic E-state index is 13.8. The summed E-state index contributed by atoms with van der Waals surface area (Å²) in [6.45, 7) is 9.89. The number of urea groups is 1. The quantitative estimate of drug-likeness (QED) is 0.248. The van der Waals surface area contributed by atoms with Crippen LogP contribution in [0.15, 0.2) is 0 Å². The summed E-state index contributed by atoms with van der Waals surface area (Å²) in [4.78, 5) is 66.1. The van der Waals surface area contributed by atoms with E-state index in [-0.39, 0.29) is 23.7 Å². The molecular formula is C24H41N5O5P2.